The van der Waals surface area contributed by atoms with Crippen LogP contribution in [0.25, 0.3) is 10.8 Å². The van der Waals surface area contributed by atoms with Crippen LogP contribution in [0.15, 0.2) is 36.7 Å². The first kappa shape index (κ1) is 12.5. The molecule has 1 aromatic heterocycles. The molecule has 1 heterocycles. The smallest absolute Gasteiger partial charge is 0.244 e. The molecule has 0 spiro atoms. The lowest BCUT2D eigenvalue weighted by Gasteiger charge is -2.23. The highest BCUT2D eigenvalue weighted by Gasteiger charge is 2.25. The molecule has 0 aliphatic heterocycles. The van der Waals surface area contributed by atoms with Crippen LogP contribution in [0.4, 0.5) is 5.69 Å². The fraction of sp³-hybridized carbons (Fsp3) is 0.286. The number of carbonyl (C=O) groups excluding carboxylic acids is 1. The third kappa shape index (κ3) is 2.33. The summed E-state index contributed by atoms with van der Waals surface area (Å²) in [5.41, 5.74) is 0.179. The van der Waals surface area contributed by atoms with Gasteiger partial charge in [0.05, 0.1) is 11.2 Å². The van der Waals surface area contributed by atoms with Crippen LogP contribution in [-0.4, -0.2) is 23.5 Å². The second-order valence-electron chi connectivity index (χ2n) is 4.73. The number of aromatic nitrogens is 1. The van der Waals surface area contributed by atoms with Crippen molar-refractivity contribution in [2.75, 3.05) is 12.4 Å². The zero-order valence-corrected chi connectivity index (χ0v) is 10.8. The van der Waals surface area contributed by atoms with Crippen LogP contribution in [0.2, 0.25) is 0 Å². The Morgan fingerprint density at radius 1 is 1.28 bits per heavy atom. The maximum absolute atomic E-state index is 12.1. The minimum Gasteiger partial charge on any atom is -0.324 e. The van der Waals surface area contributed by atoms with E-state index in [-0.39, 0.29) is 5.91 Å². The second-order valence-corrected chi connectivity index (χ2v) is 4.73. The molecule has 0 unspecified atom stereocenters. The van der Waals surface area contributed by atoms with Gasteiger partial charge in [-0.2, -0.15) is 0 Å². The quantitative estimate of drug-likeness (QED) is 0.868. The fourth-order valence-electron chi connectivity index (χ4n) is 1.61. The summed E-state index contributed by atoms with van der Waals surface area (Å²) in [5, 5.41) is 7.92. The standard InChI is InChI=1S/C14H17N3O/c1-14(2,15-3)13(18)17-12-6-4-5-10-7-8-16-9-11(10)12/h4-9,15H,1-3H3,(H,17,18). The van der Waals surface area contributed by atoms with E-state index in [0.29, 0.717) is 0 Å². The molecule has 4 nitrogen and oxygen atoms in total. The van der Waals surface area contributed by atoms with Gasteiger partial charge in [0.1, 0.15) is 0 Å². The highest BCUT2D eigenvalue weighted by molar-refractivity contribution is 6.04. The monoisotopic (exact) mass is 243 g/mol. The number of pyridine rings is 1. The summed E-state index contributed by atoms with van der Waals surface area (Å²) in [6, 6.07) is 7.72. The van der Waals surface area contributed by atoms with Crippen molar-refractivity contribution >= 4 is 22.4 Å². The van der Waals surface area contributed by atoms with Crippen molar-refractivity contribution in [3.05, 3.63) is 36.7 Å². The van der Waals surface area contributed by atoms with Crippen LogP contribution in [0.1, 0.15) is 13.8 Å². The first-order valence-electron chi connectivity index (χ1n) is 5.88. The average molecular weight is 243 g/mol. The maximum Gasteiger partial charge on any atom is 0.244 e. The van der Waals surface area contributed by atoms with Gasteiger partial charge in [0.2, 0.25) is 5.91 Å². The Labute approximate surface area is 106 Å². The van der Waals surface area contributed by atoms with Gasteiger partial charge in [0.15, 0.2) is 0 Å². The lowest BCUT2D eigenvalue weighted by molar-refractivity contribution is -0.121. The summed E-state index contributed by atoms with van der Waals surface area (Å²) in [5.74, 6) is -0.0682. The molecule has 0 fully saturated rings. The molecule has 94 valence electrons. The van der Waals surface area contributed by atoms with E-state index in [1.165, 1.54) is 0 Å². The molecule has 1 amide bonds. The van der Waals surface area contributed by atoms with Crippen molar-refractivity contribution in [1.29, 1.82) is 0 Å². The Morgan fingerprint density at radius 2 is 2.06 bits per heavy atom. The Morgan fingerprint density at radius 3 is 2.78 bits per heavy atom. The summed E-state index contributed by atoms with van der Waals surface area (Å²) in [4.78, 5) is 16.2. The zero-order valence-electron chi connectivity index (χ0n) is 10.8. The van der Waals surface area contributed by atoms with Gasteiger partial charge in [-0.05, 0) is 38.4 Å². The molecule has 1 aromatic carbocycles. The molecule has 0 saturated heterocycles. The number of likely N-dealkylation sites (N-methyl/N-ethyl adjacent to an activating group) is 1. The average Bonchev–Trinajstić information content (AvgIpc) is 2.39. The number of hydrogen-bond donors (Lipinski definition) is 2. The van der Waals surface area contributed by atoms with Gasteiger partial charge >= 0.3 is 0 Å². The molecule has 0 atom stereocenters. The number of nitrogens with one attached hydrogen (secondary N) is 2. The van der Waals surface area contributed by atoms with Crippen LogP contribution in [-0.2, 0) is 4.79 Å². The molecule has 2 aromatic rings. The Bertz CT molecular complexity index is 573. The predicted octanol–water partition coefficient (Wildman–Crippen LogP) is 2.17. The summed E-state index contributed by atoms with van der Waals surface area (Å²) in [6.45, 7) is 3.68. The van der Waals surface area contributed by atoms with Crippen molar-refractivity contribution < 1.29 is 4.79 Å². The van der Waals surface area contributed by atoms with Crippen LogP contribution in [0.5, 0.6) is 0 Å². The number of benzene rings is 1. The molecule has 18 heavy (non-hydrogen) atoms. The van der Waals surface area contributed by atoms with Crippen LogP contribution in [0.3, 0.4) is 0 Å². The van der Waals surface area contributed by atoms with E-state index >= 15 is 0 Å². The van der Waals surface area contributed by atoms with Gasteiger partial charge in [-0.25, -0.2) is 0 Å². The minimum absolute atomic E-state index is 0.0682. The van der Waals surface area contributed by atoms with E-state index in [1.807, 2.05) is 38.1 Å². The van der Waals surface area contributed by atoms with Crippen molar-refractivity contribution in [2.45, 2.75) is 19.4 Å². The summed E-state index contributed by atoms with van der Waals surface area (Å²) in [6.07, 6.45) is 3.50. The van der Waals surface area contributed by atoms with Gasteiger partial charge in [-0.15, -0.1) is 0 Å². The van der Waals surface area contributed by atoms with Gasteiger partial charge in [0.25, 0.3) is 0 Å². The van der Waals surface area contributed by atoms with E-state index in [9.17, 15) is 4.79 Å². The predicted molar refractivity (Wildman–Crippen MR) is 73.5 cm³/mol. The van der Waals surface area contributed by atoms with Gasteiger partial charge < -0.3 is 10.6 Å². The normalized spacial score (nSPS) is 11.5. The first-order chi connectivity index (χ1) is 8.54. The third-order valence-electron chi connectivity index (χ3n) is 3.12. The van der Waals surface area contributed by atoms with Crippen molar-refractivity contribution in [3.8, 4) is 0 Å². The molecular formula is C14H17N3O. The highest BCUT2D eigenvalue weighted by Crippen LogP contribution is 2.22. The molecular weight excluding hydrogens is 226 g/mol. The van der Waals surface area contributed by atoms with Crippen LogP contribution < -0.4 is 10.6 Å². The molecule has 0 bridgehead atoms. The zero-order chi connectivity index (χ0) is 13.2. The van der Waals surface area contributed by atoms with E-state index in [1.54, 1.807) is 19.4 Å². The SMILES string of the molecule is CNC(C)(C)C(=O)Nc1cccc2ccncc12. The highest BCUT2D eigenvalue weighted by atomic mass is 16.2. The molecule has 0 radical (unpaired) electrons. The second kappa shape index (κ2) is 4.74. The number of nitrogens with zero attached hydrogens (tertiary/aromatic N) is 1. The van der Waals surface area contributed by atoms with E-state index < -0.39 is 5.54 Å². The summed E-state index contributed by atoms with van der Waals surface area (Å²) >= 11 is 0. The molecule has 0 aliphatic rings. The van der Waals surface area contributed by atoms with Crippen LogP contribution in [0, 0.1) is 0 Å². The molecule has 2 N–H and O–H groups in total. The summed E-state index contributed by atoms with van der Waals surface area (Å²) in [7, 11) is 1.77. The Balaban J connectivity index is 2.36. The largest absolute Gasteiger partial charge is 0.324 e. The third-order valence-corrected chi connectivity index (χ3v) is 3.12. The topological polar surface area (TPSA) is 54.0 Å². The molecule has 0 saturated carbocycles. The van der Waals surface area contributed by atoms with Crippen molar-refractivity contribution in [3.63, 3.8) is 0 Å². The van der Waals surface area contributed by atoms with E-state index in [4.69, 9.17) is 0 Å². The molecule has 0 aliphatic carbocycles. The van der Waals surface area contributed by atoms with Crippen LogP contribution >= 0.6 is 0 Å². The first-order valence-corrected chi connectivity index (χ1v) is 5.88. The maximum atomic E-state index is 12.1. The van der Waals surface area contributed by atoms with E-state index in [2.05, 4.69) is 15.6 Å². The van der Waals surface area contributed by atoms with Crippen molar-refractivity contribution in [1.82, 2.24) is 10.3 Å². The van der Waals surface area contributed by atoms with E-state index in [0.717, 1.165) is 16.5 Å². The molecule has 2 rings (SSSR count). The Hall–Kier alpha value is -1.94. The number of amides is 1. The number of rotatable bonds is 3. The number of hydrogen-bond acceptors (Lipinski definition) is 3. The van der Waals surface area contributed by atoms with Gasteiger partial charge in [-0.3, -0.25) is 9.78 Å². The lowest BCUT2D eigenvalue weighted by atomic mass is 10.0. The number of fused-ring (bicyclic) bond motifs is 1. The van der Waals surface area contributed by atoms with Gasteiger partial charge in [-0.1, -0.05) is 12.1 Å². The summed E-state index contributed by atoms with van der Waals surface area (Å²) < 4.78 is 0. The fourth-order valence-corrected chi connectivity index (χ4v) is 1.61. The van der Waals surface area contributed by atoms with Gasteiger partial charge in [0, 0.05) is 17.8 Å². The number of carbonyl (C=O) groups is 1. The Kier molecular flexibility index (Phi) is 3.30. The molecule has 4 heteroatoms. The lowest BCUT2D eigenvalue weighted by Crippen LogP contribution is -2.47. The van der Waals surface area contributed by atoms with Crippen molar-refractivity contribution in [2.24, 2.45) is 0 Å². The minimum atomic E-state index is -0.607. The number of anilines is 1.